The van der Waals surface area contributed by atoms with Crippen molar-refractivity contribution in [2.75, 3.05) is 5.32 Å². The molecule has 1 aromatic rings. The summed E-state index contributed by atoms with van der Waals surface area (Å²) in [6, 6.07) is 5.56. The van der Waals surface area contributed by atoms with Crippen LogP contribution in [0.2, 0.25) is 5.15 Å². The zero-order chi connectivity index (χ0) is 12.3. The Morgan fingerprint density at radius 1 is 1.47 bits per heavy atom. The lowest BCUT2D eigenvalue weighted by atomic mass is 9.86. The third-order valence-corrected chi connectivity index (χ3v) is 3.30. The molecule has 4 nitrogen and oxygen atoms in total. The Morgan fingerprint density at radius 2 is 2.29 bits per heavy atom. The van der Waals surface area contributed by atoms with Crippen LogP contribution in [0.4, 0.5) is 5.82 Å². The average molecular weight is 255 g/mol. The van der Waals surface area contributed by atoms with Crippen LogP contribution in [0.15, 0.2) is 18.2 Å². The summed E-state index contributed by atoms with van der Waals surface area (Å²) >= 11 is 5.80. The predicted molar refractivity (Wildman–Crippen MR) is 66.3 cm³/mol. The largest absolute Gasteiger partial charge is 0.481 e. The minimum absolute atomic E-state index is 0.177. The van der Waals surface area contributed by atoms with E-state index in [9.17, 15) is 4.79 Å². The number of carbonyl (C=O) groups is 1. The van der Waals surface area contributed by atoms with Gasteiger partial charge in [-0.25, -0.2) is 4.98 Å². The van der Waals surface area contributed by atoms with Crippen LogP contribution < -0.4 is 5.32 Å². The SMILES string of the molecule is O=C(O)C1CCCC(Nc2cccc(Cl)n2)C1. The van der Waals surface area contributed by atoms with E-state index in [2.05, 4.69) is 10.3 Å². The molecule has 0 radical (unpaired) electrons. The van der Waals surface area contributed by atoms with Crippen molar-refractivity contribution >= 4 is 23.4 Å². The van der Waals surface area contributed by atoms with Gasteiger partial charge >= 0.3 is 5.97 Å². The van der Waals surface area contributed by atoms with Gasteiger partial charge in [0.2, 0.25) is 0 Å². The first-order valence-electron chi connectivity index (χ1n) is 5.77. The van der Waals surface area contributed by atoms with Crippen LogP contribution in [0.3, 0.4) is 0 Å². The van der Waals surface area contributed by atoms with Crippen molar-refractivity contribution in [2.24, 2.45) is 5.92 Å². The maximum Gasteiger partial charge on any atom is 0.306 e. The molecule has 1 aliphatic rings. The van der Waals surface area contributed by atoms with E-state index in [1.807, 2.05) is 12.1 Å². The van der Waals surface area contributed by atoms with Crippen LogP contribution >= 0.6 is 11.6 Å². The van der Waals surface area contributed by atoms with E-state index in [1.54, 1.807) is 6.07 Å². The van der Waals surface area contributed by atoms with Crippen molar-refractivity contribution in [1.82, 2.24) is 4.98 Å². The summed E-state index contributed by atoms with van der Waals surface area (Å²) in [6.07, 6.45) is 3.35. The molecule has 0 saturated heterocycles. The molecule has 1 fully saturated rings. The molecule has 92 valence electrons. The Labute approximate surface area is 105 Å². The zero-order valence-electron chi connectivity index (χ0n) is 9.40. The Bertz CT molecular complexity index is 411. The normalized spacial score (nSPS) is 24.3. The second kappa shape index (κ2) is 5.36. The van der Waals surface area contributed by atoms with Crippen molar-refractivity contribution < 1.29 is 9.90 Å². The average Bonchev–Trinajstić information content (AvgIpc) is 2.29. The molecule has 2 N–H and O–H groups in total. The van der Waals surface area contributed by atoms with E-state index >= 15 is 0 Å². The second-order valence-corrected chi connectivity index (χ2v) is 4.78. The first-order valence-corrected chi connectivity index (χ1v) is 6.15. The van der Waals surface area contributed by atoms with E-state index in [-0.39, 0.29) is 12.0 Å². The number of carboxylic acids is 1. The van der Waals surface area contributed by atoms with E-state index in [1.165, 1.54) is 0 Å². The van der Waals surface area contributed by atoms with Gasteiger partial charge < -0.3 is 10.4 Å². The lowest BCUT2D eigenvalue weighted by molar-refractivity contribution is -0.142. The van der Waals surface area contributed by atoms with E-state index in [0.717, 1.165) is 19.3 Å². The maximum atomic E-state index is 10.9. The first-order chi connectivity index (χ1) is 8.15. The second-order valence-electron chi connectivity index (χ2n) is 4.39. The summed E-state index contributed by atoms with van der Waals surface area (Å²) in [7, 11) is 0. The topological polar surface area (TPSA) is 62.2 Å². The number of aliphatic carboxylic acids is 1. The van der Waals surface area contributed by atoms with Crippen molar-refractivity contribution in [2.45, 2.75) is 31.7 Å². The van der Waals surface area contributed by atoms with Gasteiger partial charge in [-0.15, -0.1) is 0 Å². The van der Waals surface area contributed by atoms with Gasteiger partial charge in [0.1, 0.15) is 11.0 Å². The highest BCUT2D eigenvalue weighted by Crippen LogP contribution is 2.26. The molecule has 0 aromatic carbocycles. The molecule has 1 aliphatic carbocycles. The van der Waals surface area contributed by atoms with E-state index in [0.29, 0.717) is 17.4 Å². The summed E-state index contributed by atoms with van der Waals surface area (Å²) in [5, 5.41) is 12.7. The number of rotatable bonds is 3. The van der Waals surface area contributed by atoms with Gasteiger partial charge in [-0.1, -0.05) is 24.1 Å². The highest BCUT2D eigenvalue weighted by atomic mass is 35.5. The van der Waals surface area contributed by atoms with Gasteiger partial charge in [0.05, 0.1) is 5.92 Å². The standard InChI is InChI=1S/C12H15ClN2O2/c13-10-5-2-6-11(15-10)14-9-4-1-3-8(7-9)12(16)17/h2,5-6,8-9H,1,3-4,7H2,(H,14,15)(H,16,17). The van der Waals surface area contributed by atoms with Crippen LogP contribution in [-0.2, 0) is 4.79 Å². The van der Waals surface area contributed by atoms with Crippen molar-refractivity contribution in [3.05, 3.63) is 23.4 Å². The third kappa shape index (κ3) is 3.33. The molecule has 2 atom stereocenters. The quantitative estimate of drug-likeness (QED) is 0.815. The molecular formula is C12H15ClN2O2. The van der Waals surface area contributed by atoms with E-state index < -0.39 is 5.97 Å². The molecule has 5 heteroatoms. The Hall–Kier alpha value is -1.29. The molecule has 0 amide bonds. The minimum atomic E-state index is -0.699. The summed E-state index contributed by atoms with van der Waals surface area (Å²) in [5.74, 6) is -0.218. The number of nitrogens with one attached hydrogen (secondary N) is 1. The molecule has 2 unspecified atom stereocenters. The van der Waals surface area contributed by atoms with Crippen molar-refractivity contribution in [3.63, 3.8) is 0 Å². The molecule has 17 heavy (non-hydrogen) atoms. The smallest absolute Gasteiger partial charge is 0.306 e. The molecule has 1 saturated carbocycles. The number of pyridine rings is 1. The molecule has 0 spiro atoms. The monoisotopic (exact) mass is 254 g/mol. The number of halogens is 1. The molecule has 1 heterocycles. The highest BCUT2D eigenvalue weighted by molar-refractivity contribution is 6.29. The first kappa shape index (κ1) is 12.2. The van der Waals surface area contributed by atoms with Gasteiger partial charge in [-0.05, 0) is 31.4 Å². The van der Waals surface area contributed by atoms with Crippen LogP contribution in [0, 0.1) is 5.92 Å². The fourth-order valence-electron chi connectivity index (χ4n) is 2.24. The van der Waals surface area contributed by atoms with Gasteiger partial charge in [0, 0.05) is 6.04 Å². The Morgan fingerprint density at radius 3 is 3.00 bits per heavy atom. The summed E-state index contributed by atoms with van der Waals surface area (Å²) < 4.78 is 0. The summed E-state index contributed by atoms with van der Waals surface area (Å²) in [6.45, 7) is 0. The van der Waals surface area contributed by atoms with Gasteiger partial charge in [-0.2, -0.15) is 0 Å². The maximum absolute atomic E-state index is 10.9. The van der Waals surface area contributed by atoms with Crippen LogP contribution in [0.5, 0.6) is 0 Å². The number of anilines is 1. The number of hydrogen-bond acceptors (Lipinski definition) is 3. The van der Waals surface area contributed by atoms with Gasteiger partial charge in [0.15, 0.2) is 0 Å². The van der Waals surface area contributed by atoms with Crippen LogP contribution in [0.25, 0.3) is 0 Å². The van der Waals surface area contributed by atoms with Crippen LogP contribution in [0.1, 0.15) is 25.7 Å². The number of carboxylic acid groups (broad SMARTS) is 1. The number of aromatic nitrogens is 1. The molecular weight excluding hydrogens is 240 g/mol. The summed E-state index contributed by atoms with van der Waals surface area (Å²) in [5.41, 5.74) is 0. The summed E-state index contributed by atoms with van der Waals surface area (Å²) in [4.78, 5) is 15.1. The molecule has 1 aromatic heterocycles. The fourth-order valence-corrected chi connectivity index (χ4v) is 2.41. The van der Waals surface area contributed by atoms with Crippen molar-refractivity contribution in [3.8, 4) is 0 Å². The van der Waals surface area contributed by atoms with Crippen LogP contribution in [-0.4, -0.2) is 22.1 Å². The van der Waals surface area contributed by atoms with Crippen molar-refractivity contribution in [1.29, 1.82) is 0 Å². The molecule has 0 aliphatic heterocycles. The number of hydrogen-bond donors (Lipinski definition) is 2. The third-order valence-electron chi connectivity index (χ3n) is 3.09. The minimum Gasteiger partial charge on any atom is -0.481 e. The van der Waals surface area contributed by atoms with Gasteiger partial charge in [0.25, 0.3) is 0 Å². The molecule has 2 rings (SSSR count). The fraction of sp³-hybridized carbons (Fsp3) is 0.500. The molecule has 0 bridgehead atoms. The predicted octanol–water partition coefficient (Wildman–Crippen LogP) is 2.79. The Balaban J connectivity index is 1.97. The zero-order valence-corrected chi connectivity index (χ0v) is 10.2. The van der Waals surface area contributed by atoms with E-state index in [4.69, 9.17) is 16.7 Å². The van der Waals surface area contributed by atoms with Gasteiger partial charge in [-0.3, -0.25) is 4.79 Å². The lowest BCUT2D eigenvalue weighted by Gasteiger charge is -2.27. The number of nitrogens with zero attached hydrogens (tertiary/aromatic N) is 1. The lowest BCUT2D eigenvalue weighted by Crippen LogP contribution is -2.31. The Kier molecular flexibility index (Phi) is 3.84. The highest BCUT2D eigenvalue weighted by Gasteiger charge is 2.26.